The Morgan fingerprint density at radius 2 is 1.03 bits per heavy atom. The molecular formula is C56H37NS. The van der Waals surface area contributed by atoms with Gasteiger partial charge in [-0.1, -0.05) is 158 Å². The monoisotopic (exact) mass is 755 g/mol. The Hall–Kier alpha value is -7.00. The lowest BCUT2D eigenvalue weighted by Gasteiger charge is -2.33. The van der Waals surface area contributed by atoms with Crippen LogP contribution in [0.3, 0.4) is 0 Å². The lowest BCUT2D eigenvalue weighted by molar-refractivity contribution is 0.786. The van der Waals surface area contributed by atoms with Gasteiger partial charge in [-0.3, -0.25) is 0 Å². The van der Waals surface area contributed by atoms with Gasteiger partial charge >= 0.3 is 0 Å². The molecule has 0 bridgehead atoms. The zero-order valence-corrected chi connectivity index (χ0v) is 32.9. The van der Waals surface area contributed by atoms with Crippen LogP contribution in [-0.2, 0) is 5.41 Å². The highest BCUT2D eigenvalue weighted by molar-refractivity contribution is 7.25. The van der Waals surface area contributed by atoms with Crippen molar-refractivity contribution in [2.24, 2.45) is 0 Å². The van der Waals surface area contributed by atoms with Crippen molar-refractivity contribution in [1.82, 2.24) is 0 Å². The van der Waals surface area contributed by atoms with Gasteiger partial charge in [-0.15, -0.1) is 11.3 Å². The second-order valence-electron chi connectivity index (χ2n) is 15.5. The number of hydrogen-bond acceptors (Lipinski definition) is 2. The van der Waals surface area contributed by atoms with Gasteiger partial charge in [0, 0.05) is 36.9 Å². The summed E-state index contributed by atoms with van der Waals surface area (Å²) < 4.78 is 2.60. The molecule has 12 rings (SSSR count). The zero-order chi connectivity index (χ0) is 38.5. The van der Waals surface area contributed by atoms with Crippen LogP contribution in [0.1, 0.15) is 29.2 Å². The van der Waals surface area contributed by atoms with Crippen LogP contribution < -0.4 is 4.90 Å². The van der Waals surface area contributed by atoms with E-state index in [9.17, 15) is 0 Å². The molecule has 58 heavy (non-hydrogen) atoms. The topological polar surface area (TPSA) is 3.24 Å². The lowest BCUT2D eigenvalue weighted by Crippen LogP contribution is -2.27. The maximum atomic E-state index is 4.43. The summed E-state index contributed by atoms with van der Waals surface area (Å²) in [5, 5.41) is 10.1. The minimum Gasteiger partial charge on any atom is -0.310 e. The molecule has 0 radical (unpaired) electrons. The number of allylic oxidation sites excluding steroid dienone is 5. The molecule has 2 aliphatic carbocycles. The Labute approximate surface area is 341 Å². The zero-order valence-electron chi connectivity index (χ0n) is 32.0. The predicted molar refractivity (Wildman–Crippen MR) is 250 cm³/mol. The van der Waals surface area contributed by atoms with Gasteiger partial charge in [-0.2, -0.15) is 0 Å². The molecule has 9 aromatic carbocycles. The van der Waals surface area contributed by atoms with Gasteiger partial charge in [-0.05, 0) is 121 Å². The quantitative estimate of drug-likeness (QED) is 0.158. The molecule has 0 aliphatic heterocycles. The molecule has 0 saturated heterocycles. The van der Waals surface area contributed by atoms with Gasteiger partial charge in [0.25, 0.3) is 0 Å². The van der Waals surface area contributed by atoms with E-state index < -0.39 is 5.41 Å². The molecule has 1 heterocycles. The van der Waals surface area contributed by atoms with Crippen molar-refractivity contribution in [3.05, 3.63) is 229 Å². The van der Waals surface area contributed by atoms with Gasteiger partial charge in [0.2, 0.25) is 0 Å². The van der Waals surface area contributed by atoms with E-state index in [0.29, 0.717) is 0 Å². The number of nitrogens with zero attached hydrogens (tertiary/aromatic N) is 1. The third kappa shape index (κ3) is 4.36. The minimum atomic E-state index is -0.505. The Kier molecular flexibility index (Phi) is 7.15. The highest BCUT2D eigenvalue weighted by Crippen LogP contribution is 2.63. The van der Waals surface area contributed by atoms with Crippen molar-refractivity contribution in [3.63, 3.8) is 0 Å². The Balaban J connectivity index is 1.21. The normalized spacial score (nSPS) is 14.0. The van der Waals surface area contributed by atoms with Crippen LogP contribution >= 0.6 is 11.3 Å². The van der Waals surface area contributed by atoms with Crippen LogP contribution in [0, 0.1) is 0 Å². The molecule has 2 aliphatic rings. The van der Waals surface area contributed by atoms with Crippen LogP contribution in [0.5, 0.6) is 0 Å². The molecule has 0 unspecified atom stereocenters. The maximum absolute atomic E-state index is 4.43. The summed E-state index contributed by atoms with van der Waals surface area (Å²) in [4.78, 5) is 2.53. The van der Waals surface area contributed by atoms with E-state index in [-0.39, 0.29) is 0 Å². The number of rotatable bonds is 5. The van der Waals surface area contributed by atoms with Crippen molar-refractivity contribution in [2.45, 2.75) is 12.3 Å². The predicted octanol–water partition coefficient (Wildman–Crippen LogP) is 15.8. The van der Waals surface area contributed by atoms with Gasteiger partial charge in [-0.25, -0.2) is 0 Å². The van der Waals surface area contributed by atoms with Crippen molar-refractivity contribution in [3.8, 4) is 11.1 Å². The molecule has 0 fully saturated rings. The summed E-state index contributed by atoms with van der Waals surface area (Å²) in [6.07, 6.45) is 6.58. The third-order valence-electron chi connectivity index (χ3n) is 12.7. The van der Waals surface area contributed by atoms with Gasteiger partial charge in [0.05, 0.1) is 11.1 Å². The number of anilines is 3. The largest absolute Gasteiger partial charge is 0.310 e. The summed E-state index contributed by atoms with van der Waals surface area (Å²) in [5.74, 6) is 0. The molecule has 1 spiro atoms. The van der Waals surface area contributed by atoms with E-state index in [1.165, 1.54) is 97.0 Å². The lowest BCUT2D eigenvalue weighted by atomic mass is 9.69. The molecule has 272 valence electrons. The van der Waals surface area contributed by atoms with Crippen molar-refractivity contribution < 1.29 is 0 Å². The maximum Gasteiger partial charge on any atom is 0.0726 e. The third-order valence-corrected chi connectivity index (χ3v) is 13.9. The smallest absolute Gasteiger partial charge is 0.0726 e. The molecule has 0 amide bonds. The number of benzene rings is 9. The van der Waals surface area contributed by atoms with E-state index in [0.717, 1.165) is 17.1 Å². The fourth-order valence-electron chi connectivity index (χ4n) is 10.5. The van der Waals surface area contributed by atoms with Crippen LogP contribution in [0.15, 0.2) is 206 Å². The molecule has 10 aromatic rings. The molecule has 2 heteroatoms. The SMILES string of the molecule is C=CC1=C(/C=C\C)C2(c3cc(N(c4ccc5sc6ccccc6c5c4)c4cccc5c6ccccc6c6ccccc6c45)ccc31)c1ccccc1-c1ccccc12. The number of thiophene rings is 1. The highest BCUT2D eigenvalue weighted by atomic mass is 32.1. The van der Waals surface area contributed by atoms with Crippen molar-refractivity contribution in [1.29, 1.82) is 0 Å². The van der Waals surface area contributed by atoms with E-state index in [4.69, 9.17) is 0 Å². The van der Waals surface area contributed by atoms with Crippen LogP contribution in [0.4, 0.5) is 17.1 Å². The van der Waals surface area contributed by atoms with E-state index in [1.54, 1.807) is 0 Å². The number of fused-ring (bicyclic) bond motifs is 16. The van der Waals surface area contributed by atoms with Gasteiger partial charge in [0.1, 0.15) is 0 Å². The Morgan fingerprint density at radius 3 is 1.72 bits per heavy atom. The first-order valence-electron chi connectivity index (χ1n) is 20.1. The first-order valence-corrected chi connectivity index (χ1v) is 20.9. The highest BCUT2D eigenvalue weighted by Gasteiger charge is 2.52. The summed E-state index contributed by atoms with van der Waals surface area (Å²) >= 11 is 1.86. The second-order valence-corrected chi connectivity index (χ2v) is 16.6. The van der Waals surface area contributed by atoms with E-state index >= 15 is 0 Å². The molecule has 1 nitrogen and oxygen atoms in total. The Morgan fingerprint density at radius 1 is 0.483 bits per heavy atom. The average Bonchev–Trinajstić information content (AvgIpc) is 3.90. The molecule has 1 aromatic heterocycles. The molecular weight excluding hydrogens is 719 g/mol. The summed E-state index contributed by atoms with van der Waals surface area (Å²) in [6, 6.07) is 65.7. The van der Waals surface area contributed by atoms with Crippen LogP contribution in [0.25, 0.3) is 69.2 Å². The fraction of sp³-hybridized carbons (Fsp3) is 0.0357. The van der Waals surface area contributed by atoms with Crippen molar-refractivity contribution >= 4 is 86.5 Å². The fourth-order valence-corrected chi connectivity index (χ4v) is 11.6. The average molecular weight is 756 g/mol. The minimum absolute atomic E-state index is 0.505. The van der Waals surface area contributed by atoms with Crippen LogP contribution in [-0.4, -0.2) is 0 Å². The first-order chi connectivity index (χ1) is 28.7. The summed E-state index contributed by atoms with van der Waals surface area (Å²) in [6.45, 7) is 6.56. The van der Waals surface area contributed by atoms with Gasteiger partial charge < -0.3 is 4.90 Å². The summed E-state index contributed by atoms with van der Waals surface area (Å²) in [7, 11) is 0. The first kappa shape index (κ1) is 33.2. The Bertz CT molecular complexity index is 3360. The molecule has 0 atom stereocenters. The standard InChI is InChI=1S/C56H37NS/c1-3-16-48-37(4-2)43-31-29-36(34-51(43)56(48)49-25-12-9-20-41(49)42-21-10-13-26-50(42)56)57(35-30-32-54-47(33-35)44-22-11-14-28-53(44)58-54)52-27-15-24-46-40-18-6-5-17-38(40)39-19-7-8-23-45(39)55(46)52/h3-34H,2H2,1H3/b16-3-. The van der Waals surface area contributed by atoms with Gasteiger partial charge in [0.15, 0.2) is 0 Å². The van der Waals surface area contributed by atoms with Crippen LogP contribution in [0.2, 0.25) is 0 Å². The van der Waals surface area contributed by atoms with E-state index in [2.05, 4.69) is 213 Å². The van der Waals surface area contributed by atoms with E-state index in [1.807, 2.05) is 11.3 Å². The number of hydrogen-bond donors (Lipinski definition) is 0. The summed E-state index contributed by atoms with van der Waals surface area (Å²) in [5.41, 5.74) is 13.1. The molecule has 0 N–H and O–H groups in total. The van der Waals surface area contributed by atoms with Crippen molar-refractivity contribution in [2.75, 3.05) is 4.90 Å². The second kappa shape index (κ2) is 12.5. The molecule has 0 saturated carbocycles.